The summed E-state index contributed by atoms with van der Waals surface area (Å²) in [6.07, 6.45) is 2.90. The molecule has 4 nitrogen and oxygen atoms in total. The monoisotopic (exact) mass is 375 g/mol. The van der Waals surface area contributed by atoms with Gasteiger partial charge in [-0.2, -0.15) is 0 Å². The second-order valence-electron chi connectivity index (χ2n) is 5.12. The topological polar surface area (TPSA) is 54.0 Å². The molecule has 0 spiro atoms. The van der Waals surface area contributed by atoms with Crippen LogP contribution >= 0.6 is 23.2 Å². The van der Waals surface area contributed by atoms with Crippen LogP contribution in [0.5, 0.6) is 0 Å². The second-order valence-corrected chi connectivity index (χ2v) is 5.91. The van der Waals surface area contributed by atoms with Gasteiger partial charge in [0.05, 0.1) is 38.9 Å². The molecule has 0 saturated carbocycles. The number of hydrogen-bond donors (Lipinski definition) is 2. The number of nitrogens with zero attached hydrogens (tertiary/aromatic N) is 1. The van der Waals surface area contributed by atoms with Gasteiger partial charge in [0.15, 0.2) is 0 Å². The summed E-state index contributed by atoms with van der Waals surface area (Å²) in [7, 11) is 0. The van der Waals surface area contributed by atoms with E-state index in [2.05, 4.69) is 15.6 Å². The smallest absolute Gasteiger partial charge is 0.257 e. The lowest BCUT2D eigenvalue weighted by atomic mass is 10.2. The van der Waals surface area contributed by atoms with Gasteiger partial charge in [-0.25, -0.2) is 4.39 Å². The molecule has 0 aliphatic carbocycles. The van der Waals surface area contributed by atoms with E-state index < -0.39 is 11.7 Å². The zero-order chi connectivity index (χ0) is 17.8. The van der Waals surface area contributed by atoms with Crippen molar-refractivity contribution in [3.8, 4) is 0 Å². The zero-order valence-electron chi connectivity index (χ0n) is 12.8. The third kappa shape index (κ3) is 4.07. The Hall–Kier alpha value is -2.63. The number of hydrogen-bond acceptors (Lipinski definition) is 3. The van der Waals surface area contributed by atoms with E-state index in [1.165, 1.54) is 18.5 Å². The van der Waals surface area contributed by atoms with Crippen LogP contribution in [0.2, 0.25) is 10.0 Å². The first-order valence-corrected chi connectivity index (χ1v) is 8.02. The predicted octanol–water partition coefficient (Wildman–Crippen LogP) is 5.52. The molecule has 25 heavy (non-hydrogen) atoms. The molecule has 0 aliphatic rings. The van der Waals surface area contributed by atoms with E-state index >= 15 is 0 Å². The number of para-hydroxylation sites is 1. The Balaban J connectivity index is 1.80. The van der Waals surface area contributed by atoms with Crippen molar-refractivity contribution in [3.63, 3.8) is 0 Å². The van der Waals surface area contributed by atoms with Gasteiger partial charge in [-0.3, -0.25) is 9.78 Å². The molecule has 126 valence electrons. The van der Waals surface area contributed by atoms with E-state index in [0.29, 0.717) is 22.1 Å². The molecular weight excluding hydrogens is 364 g/mol. The maximum absolute atomic E-state index is 13.7. The van der Waals surface area contributed by atoms with Gasteiger partial charge in [-0.15, -0.1) is 0 Å². The van der Waals surface area contributed by atoms with Gasteiger partial charge in [-0.1, -0.05) is 41.4 Å². The van der Waals surface area contributed by atoms with Crippen LogP contribution in [-0.2, 0) is 0 Å². The normalized spacial score (nSPS) is 10.4. The lowest BCUT2D eigenvalue weighted by molar-refractivity contribution is 0.102. The van der Waals surface area contributed by atoms with Gasteiger partial charge in [-0.05, 0) is 30.3 Å². The number of benzene rings is 2. The van der Waals surface area contributed by atoms with Gasteiger partial charge in [0.1, 0.15) is 5.82 Å². The van der Waals surface area contributed by atoms with Crippen molar-refractivity contribution in [3.05, 3.63) is 82.4 Å². The fourth-order valence-corrected chi connectivity index (χ4v) is 2.49. The molecule has 1 aromatic heterocycles. The van der Waals surface area contributed by atoms with Crippen molar-refractivity contribution in [2.75, 3.05) is 10.6 Å². The number of carbonyl (C=O) groups is 1. The Morgan fingerprint density at radius 2 is 1.76 bits per heavy atom. The minimum atomic E-state index is -0.408. The molecule has 0 saturated heterocycles. The van der Waals surface area contributed by atoms with Gasteiger partial charge >= 0.3 is 0 Å². The summed E-state index contributed by atoms with van der Waals surface area (Å²) in [5.41, 5.74) is 1.46. The number of halogens is 3. The Morgan fingerprint density at radius 1 is 1.00 bits per heavy atom. The molecule has 0 atom stereocenters. The standard InChI is InChI=1S/C18H12Cl2FN3O/c19-13-4-3-7-16(17(13)20)24-18(25)11-8-12(10-22-9-11)23-15-6-2-1-5-14(15)21/h1-10,23H,(H,24,25). The molecule has 1 amide bonds. The van der Waals surface area contributed by atoms with Crippen LogP contribution in [0.4, 0.5) is 21.5 Å². The third-order valence-corrected chi connectivity index (χ3v) is 4.17. The first-order valence-electron chi connectivity index (χ1n) is 7.26. The van der Waals surface area contributed by atoms with Crippen LogP contribution in [0.3, 0.4) is 0 Å². The number of carbonyl (C=O) groups excluding carboxylic acids is 1. The van der Waals surface area contributed by atoms with Crippen LogP contribution in [-0.4, -0.2) is 10.9 Å². The van der Waals surface area contributed by atoms with Gasteiger partial charge in [0.25, 0.3) is 5.91 Å². The van der Waals surface area contributed by atoms with Gasteiger partial charge in [0, 0.05) is 6.20 Å². The van der Waals surface area contributed by atoms with E-state index in [0.717, 1.165) is 0 Å². The van der Waals surface area contributed by atoms with Crippen molar-refractivity contribution in [1.82, 2.24) is 4.98 Å². The number of aromatic nitrogens is 1. The lowest BCUT2D eigenvalue weighted by Gasteiger charge is -2.10. The third-order valence-electron chi connectivity index (χ3n) is 3.35. The first kappa shape index (κ1) is 17.2. The van der Waals surface area contributed by atoms with Crippen molar-refractivity contribution in [2.24, 2.45) is 0 Å². The van der Waals surface area contributed by atoms with E-state index in [4.69, 9.17) is 23.2 Å². The van der Waals surface area contributed by atoms with Crippen molar-refractivity contribution >= 4 is 46.2 Å². The van der Waals surface area contributed by atoms with E-state index in [-0.39, 0.29) is 10.6 Å². The minimum Gasteiger partial charge on any atom is -0.352 e. The molecule has 2 N–H and O–H groups in total. The summed E-state index contributed by atoms with van der Waals surface area (Å²) in [5.74, 6) is -0.808. The van der Waals surface area contributed by atoms with Crippen LogP contribution in [0.25, 0.3) is 0 Å². The maximum Gasteiger partial charge on any atom is 0.257 e. The van der Waals surface area contributed by atoms with Gasteiger partial charge < -0.3 is 10.6 Å². The largest absolute Gasteiger partial charge is 0.352 e. The molecule has 0 radical (unpaired) electrons. The average molecular weight is 376 g/mol. The Morgan fingerprint density at radius 3 is 2.56 bits per heavy atom. The molecule has 7 heteroatoms. The van der Waals surface area contributed by atoms with E-state index in [1.54, 1.807) is 42.5 Å². The summed E-state index contributed by atoms with van der Waals surface area (Å²) in [6.45, 7) is 0. The fraction of sp³-hybridized carbons (Fsp3) is 0. The highest BCUT2D eigenvalue weighted by Crippen LogP contribution is 2.30. The highest BCUT2D eigenvalue weighted by molar-refractivity contribution is 6.44. The minimum absolute atomic E-state index is 0.256. The maximum atomic E-state index is 13.7. The summed E-state index contributed by atoms with van der Waals surface area (Å²) in [4.78, 5) is 16.4. The second kappa shape index (κ2) is 7.51. The molecular formula is C18H12Cl2FN3O. The molecule has 3 aromatic rings. The SMILES string of the molecule is O=C(Nc1cccc(Cl)c1Cl)c1cncc(Nc2ccccc2F)c1. The number of nitrogens with one attached hydrogen (secondary N) is 2. The van der Waals surface area contributed by atoms with Gasteiger partial charge in [0.2, 0.25) is 0 Å². The molecule has 0 fully saturated rings. The first-order chi connectivity index (χ1) is 12.0. The van der Waals surface area contributed by atoms with E-state index in [1.807, 2.05) is 0 Å². The van der Waals surface area contributed by atoms with Crippen molar-refractivity contribution in [2.45, 2.75) is 0 Å². The Labute approximate surface area is 153 Å². The summed E-state index contributed by atoms with van der Waals surface area (Å²) >= 11 is 12.0. The zero-order valence-corrected chi connectivity index (χ0v) is 14.3. The van der Waals surface area contributed by atoms with Crippen molar-refractivity contribution < 1.29 is 9.18 Å². The summed E-state index contributed by atoms with van der Waals surface area (Å²) in [5, 5.41) is 6.16. The van der Waals surface area contributed by atoms with Crippen LogP contribution in [0.1, 0.15) is 10.4 Å². The molecule has 3 rings (SSSR count). The summed E-state index contributed by atoms with van der Waals surface area (Å²) < 4.78 is 13.7. The van der Waals surface area contributed by atoms with Crippen LogP contribution in [0, 0.1) is 5.82 Å². The Kier molecular flexibility index (Phi) is 5.16. The molecule has 2 aromatic carbocycles. The van der Waals surface area contributed by atoms with Crippen molar-refractivity contribution in [1.29, 1.82) is 0 Å². The number of rotatable bonds is 4. The van der Waals surface area contributed by atoms with Crippen LogP contribution in [0.15, 0.2) is 60.9 Å². The number of amides is 1. The molecule has 0 aliphatic heterocycles. The predicted molar refractivity (Wildman–Crippen MR) is 98.3 cm³/mol. The fourth-order valence-electron chi connectivity index (χ4n) is 2.15. The Bertz CT molecular complexity index is 934. The number of pyridine rings is 1. The van der Waals surface area contributed by atoms with E-state index in [9.17, 15) is 9.18 Å². The molecule has 1 heterocycles. The quantitative estimate of drug-likeness (QED) is 0.630. The molecule has 0 bridgehead atoms. The highest BCUT2D eigenvalue weighted by atomic mass is 35.5. The number of anilines is 3. The highest BCUT2D eigenvalue weighted by Gasteiger charge is 2.12. The van der Waals surface area contributed by atoms with Crippen LogP contribution < -0.4 is 10.6 Å². The summed E-state index contributed by atoms with van der Waals surface area (Å²) in [6, 6.07) is 12.7. The average Bonchev–Trinajstić information content (AvgIpc) is 2.61. The lowest BCUT2D eigenvalue weighted by Crippen LogP contribution is -2.13. The molecule has 0 unspecified atom stereocenters.